The van der Waals surface area contributed by atoms with Crippen molar-refractivity contribution in [1.29, 1.82) is 0 Å². The summed E-state index contributed by atoms with van der Waals surface area (Å²) in [6.07, 6.45) is 5.73. The van der Waals surface area contributed by atoms with E-state index < -0.39 is 5.41 Å². The Balaban J connectivity index is 0.000000104. The molecule has 10 heterocycles. The lowest BCUT2D eigenvalue weighted by atomic mass is 9.67. The van der Waals surface area contributed by atoms with Gasteiger partial charge in [-0.25, -0.2) is 9.97 Å². The molecule has 0 spiro atoms. The lowest BCUT2D eigenvalue weighted by molar-refractivity contribution is 0.623. The molecule has 32 rings (SSSR count). The van der Waals surface area contributed by atoms with E-state index in [1.807, 2.05) is 42.1 Å². The smallest absolute Gasteiger partial charge is 0.235 e. The van der Waals surface area contributed by atoms with Gasteiger partial charge in [0.25, 0.3) is 0 Å². The van der Waals surface area contributed by atoms with Crippen LogP contribution < -0.4 is 0 Å². The highest BCUT2D eigenvalue weighted by molar-refractivity contribution is 7.26. The maximum Gasteiger partial charge on any atom is 0.235 e. The molecule has 3 aliphatic rings. The van der Waals surface area contributed by atoms with Gasteiger partial charge in [-0.2, -0.15) is 0 Å². The van der Waals surface area contributed by atoms with Crippen LogP contribution in [0.25, 0.3) is 236 Å². The van der Waals surface area contributed by atoms with E-state index in [1.54, 1.807) is 0 Å². The molecule has 0 atom stereocenters. The molecular formula is C138H92N10S. The van der Waals surface area contributed by atoms with Gasteiger partial charge in [0.05, 0.1) is 95.1 Å². The first-order valence-electron chi connectivity index (χ1n) is 51.2. The van der Waals surface area contributed by atoms with Gasteiger partial charge < -0.3 is 18.3 Å². The van der Waals surface area contributed by atoms with Crippen molar-refractivity contribution in [2.45, 2.75) is 43.9 Å². The van der Waals surface area contributed by atoms with Gasteiger partial charge in [0, 0.05) is 142 Å². The first-order valence-corrected chi connectivity index (χ1v) is 52.1. The van der Waals surface area contributed by atoms with E-state index in [4.69, 9.17) is 19.9 Å². The highest BCUT2D eigenvalue weighted by Gasteiger charge is 2.51. The van der Waals surface area contributed by atoms with Crippen molar-refractivity contribution in [3.8, 4) is 95.9 Å². The highest BCUT2D eigenvalue weighted by Crippen LogP contribution is 2.63. The van der Waals surface area contributed by atoms with Gasteiger partial charge in [0.15, 0.2) is 0 Å². The quantitative estimate of drug-likeness (QED) is 0.127. The van der Waals surface area contributed by atoms with Crippen molar-refractivity contribution in [3.05, 3.63) is 530 Å². The number of aromatic nitrogens is 10. The standard InChI is InChI=1S/C53H34N4.C44H33N3.C41H25N3S/c1-5-19-35(20-6-1)49-40-28-14-17-31-44(40)54-52(55-49)57-50-42(33-34-46-47(50)41-29-15-18-32-45(41)56(46)38-25-11-4-12-26-38)48-51(57)39-27-13-16-30-43(39)53(48,36-21-7-2-8-22-36)37-23-9-3-10-24-37;1-43(2)35-15-7-5-12-29(35)33-24-34-38(25-37(33)43)47(42-39(34)31-13-6-8-16-36(31)44(42,3)4)28-19-17-26(18-20-28)32-23-27-11-9-21-45-40(27)41-30(32)14-10-22-46-41;1-2-12-29(13-3-1)44-39-33(21-23-37-38(39)32-15-7-9-17-36(32)45-37)41-40(44)31-14-6-8-16-35(31)43(41)30-20-22-34(42-25-30)28-19-18-26-10-4-5-11-27(26)24-28/h1-34H;5-25H,1-4H3;1-25H. The minimum Gasteiger partial charge on any atom is -0.312 e. The summed E-state index contributed by atoms with van der Waals surface area (Å²) in [4.78, 5) is 25.5. The van der Waals surface area contributed by atoms with Crippen molar-refractivity contribution in [1.82, 2.24) is 47.8 Å². The molecule has 0 N–H and O–H groups in total. The van der Waals surface area contributed by atoms with E-state index in [-0.39, 0.29) is 10.8 Å². The second-order valence-corrected chi connectivity index (χ2v) is 41.8. The first kappa shape index (κ1) is 85.7. The Morgan fingerprint density at radius 1 is 0.262 bits per heavy atom. The van der Waals surface area contributed by atoms with Gasteiger partial charge in [-0.15, -0.1) is 11.3 Å². The molecule has 0 bridgehead atoms. The van der Waals surface area contributed by atoms with Crippen LogP contribution in [0.3, 0.4) is 0 Å². The van der Waals surface area contributed by atoms with Crippen LogP contribution in [-0.4, -0.2) is 47.8 Å². The minimum atomic E-state index is -0.622. The molecule has 0 unspecified atom stereocenters. The van der Waals surface area contributed by atoms with Crippen LogP contribution in [0.1, 0.15) is 72.3 Å². The number of para-hydroxylation sites is 5. The molecule has 0 radical (unpaired) electrons. The fourth-order valence-corrected chi connectivity index (χ4v) is 26.9. The molecule has 0 aliphatic heterocycles. The molecule has 0 saturated carbocycles. The SMILES string of the molecule is CC1(C)c2ccccc2-c2cc3c4c(n(-c5ccc(-c6cc7cccnc7c7ncccc67)cc5)c3cc21)C(C)(C)c1ccccc1-4.c1ccc(-c2nc(-n3c4c(c5ccc6c(c7ccccc7n6-c6ccccc6)c53)C(c3ccccc3)(c3ccccc3)c3ccccc3-4)nc3ccccc23)cc1.c1ccc(-n2c3c(ccc4sc5ccccc5c43)c3c2c2ccccc2n3-c2ccc(-c3ccc4ccccc4c3)nc2)cc1. The predicted molar refractivity (Wildman–Crippen MR) is 619 cm³/mol. The number of nitrogens with zero attached hydrogens (tertiary/aromatic N) is 10. The van der Waals surface area contributed by atoms with Crippen LogP contribution in [0.2, 0.25) is 0 Å². The maximum absolute atomic E-state index is 5.60. The molecule has 10 nitrogen and oxygen atoms in total. The summed E-state index contributed by atoms with van der Waals surface area (Å²) in [6.45, 7) is 9.51. The van der Waals surface area contributed by atoms with E-state index in [1.165, 1.54) is 180 Å². The average Bonchev–Trinajstić information content (AvgIpc) is 1.50. The molecule has 149 heavy (non-hydrogen) atoms. The van der Waals surface area contributed by atoms with E-state index in [2.05, 4.69) is 510 Å². The van der Waals surface area contributed by atoms with Crippen molar-refractivity contribution in [3.63, 3.8) is 0 Å². The molecule has 0 saturated heterocycles. The largest absolute Gasteiger partial charge is 0.312 e. The Hall–Kier alpha value is -18.8. The average molecular weight is 1920 g/mol. The van der Waals surface area contributed by atoms with Crippen molar-refractivity contribution in [2.24, 2.45) is 0 Å². The van der Waals surface area contributed by atoms with E-state index in [0.29, 0.717) is 5.95 Å². The monoisotopic (exact) mass is 1920 g/mol. The number of fused-ring (bicyclic) bond motifs is 31. The number of benzene rings is 19. The summed E-state index contributed by atoms with van der Waals surface area (Å²) in [7, 11) is 0. The highest BCUT2D eigenvalue weighted by atomic mass is 32.1. The number of hydrogen-bond donors (Lipinski definition) is 0. The fourth-order valence-electron chi connectivity index (χ4n) is 25.8. The first-order chi connectivity index (χ1) is 73.5. The molecule has 10 aromatic heterocycles. The van der Waals surface area contributed by atoms with Gasteiger partial charge >= 0.3 is 0 Å². The molecule has 0 fully saturated rings. The van der Waals surface area contributed by atoms with Gasteiger partial charge in [-0.3, -0.25) is 19.5 Å². The third-order valence-electron chi connectivity index (χ3n) is 32.2. The molecule has 700 valence electrons. The van der Waals surface area contributed by atoms with Crippen LogP contribution in [0.15, 0.2) is 486 Å². The van der Waals surface area contributed by atoms with Gasteiger partial charge in [0.1, 0.15) is 0 Å². The molecule has 19 aromatic carbocycles. The van der Waals surface area contributed by atoms with Crippen LogP contribution in [0, 0.1) is 0 Å². The number of hydrogen-bond acceptors (Lipinski definition) is 6. The van der Waals surface area contributed by atoms with Crippen LogP contribution in [0.5, 0.6) is 0 Å². The van der Waals surface area contributed by atoms with E-state index in [9.17, 15) is 0 Å². The van der Waals surface area contributed by atoms with Crippen molar-refractivity contribution in [2.75, 3.05) is 0 Å². The van der Waals surface area contributed by atoms with Gasteiger partial charge in [0.2, 0.25) is 5.95 Å². The zero-order chi connectivity index (χ0) is 98.6. The minimum absolute atomic E-state index is 0.0724. The summed E-state index contributed by atoms with van der Waals surface area (Å²) in [5.74, 6) is 0.648. The molecule has 29 aromatic rings. The summed E-state index contributed by atoms with van der Waals surface area (Å²) in [5.41, 5.74) is 40.6. The van der Waals surface area contributed by atoms with Crippen LogP contribution in [0.4, 0.5) is 0 Å². The van der Waals surface area contributed by atoms with E-state index in [0.717, 1.165) is 94.5 Å². The second-order valence-electron chi connectivity index (χ2n) is 40.8. The fraction of sp³-hybridized carbons (Fsp3) is 0.0507. The summed E-state index contributed by atoms with van der Waals surface area (Å²) in [5, 5.41) is 15.6. The summed E-state index contributed by atoms with van der Waals surface area (Å²) >= 11 is 1.87. The zero-order valence-corrected chi connectivity index (χ0v) is 82.9. The van der Waals surface area contributed by atoms with Crippen molar-refractivity contribution >= 4 is 151 Å². The Morgan fingerprint density at radius 3 is 1.56 bits per heavy atom. The van der Waals surface area contributed by atoms with Crippen LogP contribution in [-0.2, 0) is 16.2 Å². The molecule has 0 amide bonds. The molecule has 3 aliphatic carbocycles. The lowest BCUT2D eigenvalue weighted by Gasteiger charge is -2.33. The van der Waals surface area contributed by atoms with Crippen molar-refractivity contribution < 1.29 is 0 Å². The van der Waals surface area contributed by atoms with E-state index >= 15 is 0 Å². The topological polar surface area (TPSA) is 89.1 Å². The Labute approximate surface area is 863 Å². The number of rotatable bonds is 10. The van der Waals surface area contributed by atoms with Crippen LogP contribution >= 0.6 is 11.3 Å². The molecular weight excluding hydrogens is 1830 g/mol. The maximum atomic E-state index is 5.60. The summed E-state index contributed by atoms with van der Waals surface area (Å²) < 4.78 is 14.9. The third-order valence-corrected chi connectivity index (χ3v) is 33.3. The molecule has 11 heteroatoms. The Morgan fingerprint density at radius 2 is 0.819 bits per heavy atom. The Bertz CT molecular complexity index is 10600. The number of pyridine rings is 3. The normalized spacial score (nSPS) is 13.4. The van der Waals surface area contributed by atoms with Gasteiger partial charge in [-0.1, -0.05) is 367 Å². The predicted octanol–water partition coefficient (Wildman–Crippen LogP) is 35.0. The zero-order valence-electron chi connectivity index (χ0n) is 82.1. The second kappa shape index (κ2) is 33.1. The van der Waals surface area contributed by atoms with Gasteiger partial charge in [-0.05, 0) is 199 Å². The number of thiophene rings is 1. The lowest BCUT2D eigenvalue weighted by Crippen LogP contribution is -2.28. The Kier molecular flexibility index (Phi) is 19.1. The summed E-state index contributed by atoms with van der Waals surface area (Å²) in [6, 6.07) is 169. The third kappa shape index (κ3) is 12.7.